The minimum atomic E-state index is 0. The number of anilines is 2. The van der Waals surface area contributed by atoms with Gasteiger partial charge in [-0.05, 0) is 49.4 Å². The molecule has 3 rings (SSSR count). The minimum Gasteiger partial charge on any atom is -0.385 e. The maximum atomic E-state index is 12.1. The highest BCUT2D eigenvalue weighted by Gasteiger charge is 2.22. The summed E-state index contributed by atoms with van der Waals surface area (Å²) < 4.78 is 5.36. The molecule has 1 amide bonds. The number of carbonyl (C=O) groups excluding carboxylic acids is 1. The van der Waals surface area contributed by atoms with Crippen LogP contribution in [0.1, 0.15) is 24.8 Å². The van der Waals surface area contributed by atoms with Gasteiger partial charge in [0.05, 0.1) is 12.5 Å². The van der Waals surface area contributed by atoms with E-state index in [-0.39, 0.29) is 24.2 Å². The molecule has 0 aliphatic carbocycles. The fourth-order valence-corrected chi connectivity index (χ4v) is 2.74. The standard InChI is InChI=1S/C15H20N2O2.ClH/c18-15(12-4-2-8-19-10-12)17-13-5-6-14-11(9-13)3-1-7-16-14;/h5-6,9,12,16H,1-4,7-8,10H2,(H,17,18);1H. The summed E-state index contributed by atoms with van der Waals surface area (Å²) in [6.07, 6.45) is 4.14. The number of rotatable bonds is 2. The van der Waals surface area contributed by atoms with Gasteiger partial charge in [-0.3, -0.25) is 4.79 Å². The first-order chi connectivity index (χ1) is 9.33. The number of nitrogens with one attached hydrogen (secondary N) is 2. The molecule has 1 unspecified atom stereocenters. The molecule has 1 saturated heterocycles. The Bertz CT molecular complexity index is 473. The van der Waals surface area contributed by atoms with Crippen LogP contribution in [0.5, 0.6) is 0 Å². The summed E-state index contributed by atoms with van der Waals surface area (Å²) >= 11 is 0. The maximum Gasteiger partial charge on any atom is 0.229 e. The third-order valence-corrected chi connectivity index (χ3v) is 3.84. The lowest BCUT2D eigenvalue weighted by Gasteiger charge is -2.22. The van der Waals surface area contributed by atoms with E-state index < -0.39 is 0 Å². The zero-order chi connectivity index (χ0) is 13.1. The number of hydrogen-bond acceptors (Lipinski definition) is 3. The molecule has 1 aromatic carbocycles. The first-order valence-electron chi connectivity index (χ1n) is 7.08. The Morgan fingerprint density at radius 3 is 3.05 bits per heavy atom. The van der Waals surface area contributed by atoms with E-state index in [0.29, 0.717) is 6.61 Å². The highest BCUT2D eigenvalue weighted by Crippen LogP contribution is 2.25. The molecular weight excluding hydrogens is 276 g/mol. The largest absolute Gasteiger partial charge is 0.385 e. The molecule has 2 heterocycles. The topological polar surface area (TPSA) is 50.4 Å². The Kier molecular flexibility index (Phi) is 5.26. The second kappa shape index (κ2) is 6.95. The Hall–Kier alpha value is -1.26. The van der Waals surface area contributed by atoms with Gasteiger partial charge in [0.25, 0.3) is 0 Å². The van der Waals surface area contributed by atoms with Crippen LogP contribution in [-0.2, 0) is 16.0 Å². The number of carbonyl (C=O) groups is 1. The van der Waals surface area contributed by atoms with Crippen molar-refractivity contribution in [3.63, 3.8) is 0 Å². The van der Waals surface area contributed by atoms with Crippen molar-refractivity contribution < 1.29 is 9.53 Å². The van der Waals surface area contributed by atoms with Crippen molar-refractivity contribution in [1.29, 1.82) is 0 Å². The average molecular weight is 297 g/mol. The molecule has 0 bridgehead atoms. The summed E-state index contributed by atoms with van der Waals surface area (Å²) in [5, 5.41) is 6.39. The molecule has 0 saturated carbocycles. The zero-order valence-electron chi connectivity index (χ0n) is 11.5. The van der Waals surface area contributed by atoms with Crippen molar-refractivity contribution in [2.45, 2.75) is 25.7 Å². The highest BCUT2D eigenvalue weighted by atomic mass is 35.5. The van der Waals surface area contributed by atoms with Gasteiger partial charge in [-0.25, -0.2) is 0 Å². The van der Waals surface area contributed by atoms with Crippen LogP contribution in [0.2, 0.25) is 0 Å². The lowest BCUT2D eigenvalue weighted by Crippen LogP contribution is -2.30. The third kappa shape index (κ3) is 3.44. The normalized spacial score (nSPS) is 21.1. The fraction of sp³-hybridized carbons (Fsp3) is 0.533. The quantitative estimate of drug-likeness (QED) is 0.882. The predicted octanol–water partition coefficient (Wildman–Crippen LogP) is 2.83. The smallest absolute Gasteiger partial charge is 0.229 e. The van der Waals surface area contributed by atoms with E-state index in [4.69, 9.17) is 4.74 Å². The van der Waals surface area contributed by atoms with Crippen LogP contribution in [0.15, 0.2) is 18.2 Å². The van der Waals surface area contributed by atoms with Crippen molar-refractivity contribution >= 4 is 29.7 Å². The van der Waals surface area contributed by atoms with E-state index in [1.807, 2.05) is 6.07 Å². The fourth-order valence-electron chi connectivity index (χ4n) is 2.74. The van der Waals surface area contributed by atoms with Gasteiger partial charge in [-0.15, -0.1) is 12.4 Å². The number of halogens is 1. The van der Waals surface area contributed by atoms with Gasteiger partial charge in [0.1, 0.15) is 0 Å². The summed E-state index contributed by atoms with van der Waals surface area (Å²) in [6, 6.07) is 6.11. The van der Waals surface area contributed by atoms with Crippen LogP contribution in [0.3, 0.4) is 0 Å². The van der Waals surface area contributed by atoms with E-state index in [9.17, 15) is 4.79 Å². The van der Waals surface area contributed by atoms with Crippen LogP contribution in [0.25, 0.3) is 0 Å². The Morgan fingerprint density at radius 1 is 1.35 bits per heavy atom. The number of hydrogen-bond donors (Lipinski definition) is 2. The van der Waals surface area contributed by atoms with Crippen LogP contribution in [0.4, 0.5) is 11.4 Å². The first kappa shape index (κ1) is 15.1. The van der Waals surface area contributed by atoms with Crippen molar-refractivity contribution in [3.8, 4) is 0 Å². The molecule has 4 nitrogen and oxygen atoms in total. The molecule has 5 heteroatoms. The molecule has 1 atom stereocenters. The van der Waals surface area contributed by atoms with Gasteiger partial charge < -0.3 is 15.4 Å². The zero-order valence-corrected chi connectivity index (χ0v) is 12.3. The van der Waals surface area contributed by atoms with E-state index in [0.717, 1.165) is 44.5 Å². The van der Waals surface area contributed by atoms with E-state index in [1.165, 1.54) is 11.3 Å². The van der Waals surface area contributed by atoms with Gasteiger partial charge in [0.2, 0.25) is 5.91 Å². The monoisotopic (exact) mass is 296 g/mol. The van der Waals surface area contributed by atoms with E-state index in [2.05, 4.69) is 22.8 Å². The number of amides is 1. The predicted molar refractivity (Wildman–Crippen MR) is 82.7 cm³/mol. The maximum absolute atomic E-state index is 12.1. The van der Waals surface area contributed by atoms with Gasteiger partial charge in [0, 0.05) is 24.5 Å². The van der Waals surface area contributed by atoms with Crippen LogP contribution in [-0.4, -0.2) is 25.7 Å². The average Bonchev–Trinajstić information content (AvgIpc) is 2.48. The molecule has 0 spiro atoms. The second-order valence-electron chi connectivity index (χ2n) is 5.31. The lowest BCUT2D eigenvalue weighted by molar-refractivity contribution is -0.123. The summed E-state index contributed by atoms with van der Waals surface area (Å²) in [5.41, 5.74) is 3.40. The molecule has 0 radical (unpaired) electrons. The number of fused-ring (bicyclic) bond motifs is 1. The third-order valence-electron chi connectivity index (χ3n) is 3.84. The lowest BCUT2D eigenvalue weighted by atomic mass is 10.0. The molecule has 1 aromatic rings. The highest BCUT2D eigenvalue weighted by molar-refractivity contribution is 5.93. The minimum absolute atomic E-state index is 0. The van der Waals surface area contributed by atoms with Crippen molar-refractivity contribution in [2.24, 2.45) is 5.92 Å². The van der Waals surface area contributed by atoms with Gasteiger partial charge in [-0.2, -0.15) is 0 Å². The van der Waals surface area contributed by atoms with Crippen molar-refractivity contribution in [2.75, 3.05) is 30.4 Å². The summed E-state index contributed by atoms with van der Waals surface area (Å²) in [6.45, 7) is 2.38. The molecule has 2 aliphatic heterocycles. The van der Waals surface area contributed by atoms with Gasteiger partial charge in [-0.1, -0.05) is 0 Å². The van der Waals surface area contributed by atoms with Gasteiger partial charge >= 0.3 is 0 Å². The van der Waals surface area contributed by atoms with Crippen molar-refractivity contribution in [3.05, 3.63) is 23.8 Å². The molecule has 2 N–H and O–H groups in total. The van der Waals surface area contributed by atoms with Gasteiger partial charge in [0.15, 0.2) is 0 Å². The van der Waals surface area contributed by atoms with Crippen molar-refractivity contribution in [1.82, 2.24) is 0 Å². The molecule has 1 fully saturated rings. The van der Waals surface area contributed by atoms with Crippen LogP contribution < -0.4 is 10.6 Å². The molecule has 110 valence electrons. The summed E-state index contributed by atoms with van der Waals surface area (Å²) in [5.74, 6) is 0.0892. The Morgan fingerprint density at radius 2 is 2.25 bits per heavy atom. The van der Waals surface area contributed by atoms with Crippen LogP contribution >= 0.6 is 12.4 Å². The molecule has 0 aromatic heterocycles. The van der Waals surface area contributed by atoms with E-state index in [1.54, 1.807) is 0 Å². The number of aryl methyl sites for hydroxylation is 1. The molecular formula is C15H21ClN2O2. The molecule has 20 heavy (non-hydrogen) atoms. The van der Waals surface area contributed by atoms with E-state index >= 15 is 0 Å². The number of benzene rings is 1. The SMILES string of the molecule is Cl.O=C(Nc1ccc2c(c1)CCCN2)C1CCCOC1. The van der Waals surface area contributed by atoms with Crippen LogP contribution in [0, 0.1) is 5.92 Å². The Labute approximate surface area is 125 Å². The molecule has 2 aliphatic rings. The summed E-state index contributed by atoms with van der Waals surface area (Å²) in [7, 11) is 0. The number of ether oxygens (including phenoxy) is 1. The summed E-state index contributed by atoms with van der Waals surface area (Å²) in [4.78, 5) is 12.1. The Balaban J connectivity index is 0.00000147. The first-order valence-corrected chi connectivity index (χ1v) is 7.08. The second-order valence-corrected chi connectivity index (χ2v) is 5.31.